The van der Waals surface area contributed by atoms with Gasteiger partial charge in [0.05, 0.1) is 0 Å². The van der Waals surface area contributed by atoms with E-state index < -0.39 is 7.12 Å². The minimum atomic E-state index is -1.42. The van der Waals surface area contributed by atoms with Crippen molar-refractivity contribution in [3.05, 3.63) is 268 Å². The van der Waals surface area contributed by atoms with Gasteiger partial charge in [0.1, 0.15) is 0 Å². The van der Waals surface area contributed by atoms with Crippen LogP contribution in [0.5, 0.6) is 0 Å². The van der Waals surface area contributed by atoms with Gasteiger partial charge in [0, 0.05) is 25.9 Å². The van der Waals surface area contributed by atoms with Crippen molar-refractivity contribution < 1.29 is 10.0 Å². The van der Waals surface area contributed by atoms with Crippen LogP contribution in [0.3, 0.4) is 0 Å². The van der Waals surface area contributed by atoms with E-state index in [-0.39, 0.29) is 10.8 Å². The highest BCUT2D eigenvalue weighted by Crippen LogP contribution is 2.72. The molecule has 0 aliphatic heterocycles. The lowest BCUT2D eigenvalue weighted by Crippen LogP contribution is -2.55. The van der Waals surface area contributed by atoms with Crippen LogP contribution in [0.2, 0.25) is 15.1 Å². The zero-order valence-corrected chi connectivity index (χ0v) is 50.5. The molecule has 0 unspecified atom stereocenters. The summed E-state index contributed by atoms with van der Waals surface area (Å²) < 4.78 is 0. The lowest BCUT2D eigenvalue weighted by molar-refractivity contribution is -0.0399. The van der Waals surface area contributed by atoms with Crippen LogP contribution in [-0.4, -0.2) is 17.2 Å². The second kappa shape index (κ2) is 21.7. The van der Waals surface area contributed by atoms with Gasteiger partial charge in [0.2, 0.25) is 0 Å². The van der Waals surface area contributed by atoms with E-state index in [2.05, 4.69) is 158 Å². The van der Waals surface area contributed by atoms with Gasteiger partial charge in [0.25, 0.3) is 0 Å². The molecule has 6 heteroatoms. The summed E-state index contributed by atoms with van der Waals surface area (Å²) in [6.45, 7) is 0. The molecule has 0 radical (unpaired) electrons. The minimum Gasteiger partial charge on any atom is -0.423 e. The van der Waals surface area contributed by atoms with Gasteiger partial charge in [-0.3, -0.25) is 0 Å². The van der Waals surface area contributed by atoms with Gasteiger partial charge in [-0.2, -0.15) is 0 Å². The molecule has 10 aliphatic carbocycles. The number of hydrogen-bond acceptors (Lipinski definition) is 2. The van der Waals surface area contributed by atoms with Crippen LogP contribution >= 0.6 is 34.8 Å². The van der Waals surface area contributed by atoms with Crippen molar-refractivity contribution in [2.45, 2.75) is 75.0 Å². The molecule has 2 N–H and O–H groups in total. The molecule has 10 aliphatic rings. The van der Waals surface area contributed by atoms with E-state index in [4.69, 9.17) is 44.9 Å². The van der Waals surface area contributed by atoms with Crippen molar-refractivity contribution in [2.24, 2.45) is 47.3 Å². The topological polar surface area (TPSA) is 40.5 Å². The predicted octanol–water partition coefficient (Wildman–Crippen LogP) is 20.5. The van der Waals surface area contributed by atoms with Crippen molar-refractivity contribution in [3.8, 4) is 77.9 Å². The highest BCUT2D eigenvalue weighted by atomic mass is 35.5. The fraction of sp³-hybridized carbons (Fsp3) is 0.250. The Morgan fingerprint density at radius 1 is 0.267 bits per heavy atom. The molecule has 86 heavy (non-hydrogen) atoms. The molecule has 10 aromatic carbocycles. The van der Waals surface area contributed by atoms with Gasteiger partial charge in [-0.25, -0.2) is 0 Å². The van der Waals surface area contributed by atoms with E-state index in [0.29, 0.717) is 10.5 Å². The first kappa shape index (κ1) is 54.4. The van der Waals surface area contributed by atoms with Crippen molar-refractivity contribution in [2.75, 3.05) is 0 Å². The van der Waals surface area contributed by atoms with Crippen LogP contribution < -0.4 is 5.46 Å². The summed E-state index contributed by atoms with van der Waals surface area (Å²) in [5.74, 6) is 7.15. The molecule has 10 aromatic rings. The number of fused-ring (bicyclic) bond motifs is 6. The fourth-order valence-electron chi connectivity index (χ4n) is 19.3. The van der Waals surface area contributed by atoms with Gasteiger partial charge in [-0.15, -0.1) is 0 Å². The maximum atomic E-state index is 8.96. The fourth-order valence-corrected chi connectivity index (χ4v) is 19.7. The number of hydrogen-bond donors (Lipinski definition) is 2. The van der Waals surface area contributed by atoms with Gasteiger partial charge >= 0.3 is 7.12 Å². The lowest BCUT2D eigenvalue weighted by atomic mass is 9.43. The summed E-state index contributed by atoms with van der Waals surface area (Å²) in [7, 11) is -1.42. The van der Waals surface area contributed by atoms with Crippen molar-refractivity contribution >= 4 is 47.4 Å². The summed E-state index contributed by atoms with van der Waals surface area (Å²) in [6.07, 6.45) is 14.5. The van der Waals surface area contributed by atoms with E-state index >= 15 is 0 Å². The van der Waals surface area contributed by atoms with E-state index in [9.17, 15) is 0 Å². The molecule has 2 nitrogen and oxygen atoms in total. The van der Waals surface area contributed by atoms with Crippen LogP contribution in [0.1, 0.15) is 86.5 Å². The standard InChI is InChI=1S/C40H33Cl.C28H25Cl.C12H10BClO2/c41-34-18-16-30(17-19-34)28-10-8-27(9-11-28)29-12-14-31(15-13-29)35-5-3-7-38-39(35)36-4-1-2-6-37(36)40(38)32-21-25-20-26(23-32)24-33(40)22-25;29-22-10-8-19(9-11-22)23-5-3-7-26-27(23)24-4-1-2-6-25(24)28(26)20-13-17-12-18(15-20)16-21(28)14-17;14-12-7-3-10(4-8-12)9-1-5-11(6-2-9)13(15)16/h1-19,25-26,32-33H,20-24H2;1-11,17-18,20-21H,12-16H2;1-8,15-16H. The maximum absolute atomic E-state index is 8.96. The smallest absolute Gasteiger partial charge is 0.423 e. The molecule has 20 rings (SSSR count). The van der Waals surface area contributed by atoms with Crippen LogP contribution in [0.4, 0.5) is 0 Å². The Morgan fingerprint density at radius 3 is 0.849 bits per heavy atom. The second-order valence-corrected chi connectivity index (χ2v) is 27.9. The molecule has 0 heterocycles. The number of rotatable bonds is 6. The molecule has 0 amide bonds. The first-order chi connectivity index (χ1) is 42.1. The highest BCUT2D eigenvalue weighted by molar-refractivity contribution is 6.58. The average Bonchev–Trinajstić information content (AvgIpc) is 1.50. The van der Waals surface area contributed by atoms with Gasteiger partial charge in [-0.05, 0) is 254 Å². The molecule has 2 spiro atoms. The molecule has 424 valence electrons. The zero-order valence-electron chi connectivity index (χ0n) is 48.2. The van der Waals surface area contributed by atoms with E-state index in [1.165, 1.54) is 131 Å². The maximum Gasteiger partial charge on any atom is 0.488 e. The second-order valence-electron chi connectivity index (χ2n) is 26.6. The summed E-state index contributed by atoms with van der Waals surface area (Å²) in [4.78, 5) is 0. The third kappa shape index (κ3) is 8.96. The van der Waals surface area contributed by atoms with E-state index in [1.54, 1.807) is 34.4 Å². The van der Waals surface area contributed by atoms with E-state index in [0.717, 1.165) is 68.5 Å². The zero-order chi connectivity index (χ0) is 57.8. The lowest BCUT2D eigenvalue weighted by Gasteiger charge is -2.61. The van der Waals surface area contributed by atoms with Gasteiger partial charge < -0.3 is 10.0 Å². The molecule has 8 saturated carbocycles. The van der Waals surface area contributed by atoms with Crippen LogP contribution in [0.25, 0.3) is 77.9 Å². The van der Waals surface area contributed by atoms with Gasteiger partial charge in [0.15, 0.2) is 0 Å². The Labute approximate surface area is 522 Å². The first-order valence-corrected chi connectivity index (χ1v) is 32.6. The Morgan fingerprint density at radius 2 is 0.523 bits per heavy atom. The quantitative estimate of drug-likeness (QED) is 0.163. The Bertz CT molecular complexity index is 4120. The minimum absolute atomic E-state index is 0.223. The largest absolute Gasteiger partial charge is 0.488 e. The first-order valence-electron chi connectivity index (χ1n) is 31.5. The molecule has 0 atom stereocenters. The Kier molecular flexibility index (Phi) is 13.8. The van der Waals surface area contributed by atoms with Crippen molar-refractivity contribution in [1.82, 2.24) is 0 Å². The van der Waals surface area contributed by atoms with Crippen LogP contribution in [0, 0.1) is 47.3 Å². The third-order valence-corrected chi connectivity index (χ3v) is 23.0. The summed E-state index contributed by atoms with van der Waals surface area (Å²) in [6, 6.07) is 82.3. The van der Waals surface area contributed by atoms with Crippen LogP contribution in [0.15, 0.2) is 231 Å². The van der Waals surface area contributed by atoms with Gasteiger partial charge in [-0.1, -0.05) is 229 Å². The molecule has 0 aromatic heterocycles. The van der Waals surface area contributed by atoms with Crippen LogP contribution in [-0.2, 0) is 10.8 Å². The predicted molar refractivity (Wildman–Crippen MR) is 358 cm³/mol. The molecule has 8 bridgehead atoms. The Balaban J connectivity index is 0.000000116. The number of halogens is 3. The highest BCUT2D eigenvalue weighted by Gasteiger charge is 2.63. The number of benzene rings is 10. The molecule has 0 saturated heterocycles. The summed E-state index contributed by atoms with van der Waals surface area (Å²) in [5, 5.41) is 20.2. The molecule has 8 fully saturated rings. The third-order valence-electron chi connectivity index (χ3n) is 22.3. The monoisotopic (exact) mass is 1180 g/mol. The molecular formula is C80H68BCl3O2. The average molecular weight is 1180 g/mol. The van der Waals surface area contributed by atoms with Crippen molar-refractivity contribution in [1.29, 1.82) is 0 Å². The SMILES string of the molecule is Clc1ccc(-c2ccc(-c3ccc(-c4cccc5c4-c4ccccc4C54C5CC6CC(C5)CC4C6)cc3)cc2)cc1.Clc1ccc(-c2cccc3c2-c2ccccc2C32C3CC4CC(C3)CC2C4)cc1.OB(O)c1ccc(-c2ccc(Cl)cc2)cc1. The van der Waals surface area contributed by atoms with Crippen molar-refractivity contribution in [3.63, 3.8) is 0 Å². The Hall–Kier alpha value is -6.95. The normalized spacial score (nSPS) is 25.8. The van der Waals surface area contributed by atoms with E-state index in [1.807, 2.05) is 60.7 Å². The summed E-state index contributed by atoms with van der Waals surface area (Å²) in [5.41, 5.74) is 25.8. The molecular weight excluding hydrogens is 1110 g/mol. The summed E-state index contributed by atoms with van der Waals surface area (Å²) >= 11 is 18.1.